The highest BCUT2D eigenvalue weighted by Crippen LogP contribution is 2.27. The van der Waals surface area contributed by atoms with E-state index in [1.54, 1.807) is 14.2 Å². The molecule has 0 aliphatic heterocycles. The number of nitrogens with one attached hydrogen (secondary N) is 3. The van der Waals surface area contributed by atoms with Gasteiger partial charge < -0.3 is 25.1 Å². The molecule has 0 fully saturated rings. The molecule has 0 aliphatic rings. The van der Waals surface area contributed by atoms with Crippen LogP contribution in [0.5, 0.6) is 11.5 Å². The minimum absolute atomic E-state index is 0. The number of aryl methyl sites for hydroxylation is 1. The van der Waals surface area contributed by atoms with E-state index in [9.17, 15) is 0 Å². The van der Waals surface area contributed by atoms with Crippen molar-refractivity contribution in [1.29, 1.82) is 0 Å². The molecule has 162 valence electrons. The molecule has 1 heterocycles. The maximum Gasteiger partial charge on any atom is 0.191 e. The lowest BCUT2D eigenvalue weighted by Crippen LogP contribution is -2.38. The van der Waals surface area contributed by atoms with Crippen molar-refractivity contribution in [2.75, 3.05) is 27.3 Å². The van der Waals surface area contributed by atoms with Crippen molar-refractivity contribution in [2.24, 2.45) is 4.99 Å². The fraction of sp³-hybridized carbons (Fsp3) is 0.348. The predicted molar refractivity (Wildman–Crippen MR) is 135 cm³/mol. The zero-order valence-electron chi connectivity index (χ0n) is 18.0. The average molecular weight is 522 g/mol. The Morgan fingerprint density at radius 2 is 1.87 bits per heavy atom. The smallest absolute Gasteiger partial charge is 0.191 e. The first-order valence-electron chi connectivity index (χ1n) is 9.95. The molecule has 0 radical (unpaired) electrons. The first-order valence-corrected chi connectivity index (χ1v) is 9.95. The van der Waals surface area contributed by atoms with Gasteiger partial charge >= 0.3 is 0 Å². The van der Waals surface area contributed by atoms with Gasteiger partial charge in [0.05, 0.1) is 20.8 Å². The number of hydrogen-bond donors (Lipinski definition) is 3. The second-order valence-electron chi connectivity index (χ2n) is 6.87. The van der Waals surface area contributed by atoms with Crippen LogP contribution in [0.2, 0.25) is 0 Å². The standard InChI is InChI=1S/C23H30N4O2.HI/c1-5-24-23(27-14-17-9-10-20(28-3)21(13-17)29-4)25-12-11-18-15-26-22-16(2)7-6-8-19(18)22;/h6-10,13,15,26H,5,11-12,14H2,1-4H3,(H2,24,25,27);1H. The van der Waals surface area contributed by atoms with E-state index >= 15 is 0 Å². The number of rotatable bonds is 8. The molecule has 0 bridgehead atoms. The van der Waals surface area contributed by atoms with Gasteiger partial charge in [0.25, 0.3) is 0 Å². The molecular formula is C23H31IN4O2. The minimum Gasteiger partial charge on any atom is -0.493 e. The van der Waals surface area contributed by atoms with Crippen LogP contribution < -0.4 is 20.1 Å². The highest BCUT2D eigenvalue weighted by molar-refractivity contribution is 14.0. The molecule has 3 rings (SSSR count). The average Bonchev–Trinajstić information content (AvgIpc) is 3.16. The van der Waals surface area contributed by atoms with Crippen molar-refractivity contribution in [3.8, 4) is 11.5 Å². The number of aliphatic imine (C=N–C) groups is 1. The summed E-state index contributed by atoms with van der Waals surface area (Å²) in [5, 5.41) is 8.03. The van der Waals surface area contributed by atoms with Crippen LogP contribution in [0.3, 0.4) is 0 Å². The molecular weight excluding hydrogens is 491 g/mol. The van der Waals surface area contributed by atoms with E-state index < -0.39 is 0 Å². The molecule has 0 atom stereocenters. The summed E-state index contributed by atoms with van der Waals surface area (Å²) in [5.41, 5.74) is 4.86. The van der Waals surface area contributed by atoms with E-state index in [1.807, 2.05) is 18.2 Å². The van der Waals surface area contributed by atoms with E-state index in [0.29, 0.717) is 12.3 Å². The number of ether oxygens (including phenoxy) is 2. The molecule has 3 N–H and O–H groups in total. The summed E-state index contributed by atoms with van der Waals surface area (Å²) in [6, 6.07) is 12.3. The highest BCUT2D eigenvalue weighted by Gasteiger charge is 2.07. The van der Waals surface area contributed by atoms with Crippen molar-refractivity contribution >= 4 is 40.8 Å². The zero-order chi connectivity index (χ0) is 20.6. The number of guanidine groups is 1. The Morgan fingerprint density at radius 3 is 2.60 bits per heavy atom. The molecule has 30 heavy (non-hydrogen) atoms. The fourth-order valence-electron chi connectivity index (χ4n) is 3.38. The number of nitrogens with zero attached hydrogens (tertiary/aromatic N) is 1. The van der Waals surface area contributed by atoms with E-state index in [2.05, 4.69) is 53.9 Å². The molecule has 1 aromatic heterocycles. The van der Waals surface area contributed by atoms with Crippen molar-refractivity contribution in [3.63, 3.8) is 0 Å². The van der Waals surface area contributed by atoms with Gasteiger partial charge in [0.15, 0.2) is 17.5 Å². The maximum absolute atomic E-state index is 5.37. The summed E-state index contributed by atoms with van der Waals surface area (Å²) in [7, 11) is 3.28. The summed E-state index contributed by atoms with van der Waals surface area (Å²) in [5.74, 6) is 2.24. The quantitative estimate of drug-likeness (QED) is 0.233. The lowest BCUT2D eigenvalue weighted by Gasteiger charge is -2.12. The highest BCUT2D eigenvalue weighted by atomic mass is 127. The molecule has 0 spiro atoms. The number of benzene rings is 2. The molecule has 0 unspecified atom stereocenters. The third kappa shape index (κ3) is 5.81. The Labute approximate surface area is 195 Å². The SMILES string of the molecule is CCNC(=NCc1ccc(OC)c(OC)c1)NCCc1c[nH]c2c(C)cccc12.I. The monoisotopic (exact) mass is 522 g/mol. The topological polar surface area (TPSA) is 70.7 Å². The number of aromatic amines is 1. The Kier molecular flexibility index (Phi) is 9.29. The van der Waals surface area contributed by atoms with Crippen LogP contribution in [-0.4, -0.2) is 38.3 Å². The number of para-hydroxylation sites is 1. The lowest BCUT2D eigenvalue weighted by molar-refractivity contribution is 0.354. The van der Waals surface area contributed by atoms with Gasteiger partial charge in [-0.2, -0.15) is 0 Å². The second kappa shape index (κ2) is 11.7. The van der Waals surface area contributed by atoms with Crippen molar-refractivity contribution < 1.29 is 9.47 Å². The van der Waals surface area contributed by atoms with Gasteiger partial charge in [0.2, 0.25) is 0 Å². The molecule has 0 amide bonds. The molecule has 6 nitrogen and oxygen atoms in total. The summed E-state index contributed by atoms with van der Waals surface area (Å²) in [6.07, 6.45) is 3.03. The van der Waals surface area contributed by atoms with Crippen molar-refractivity contribution in [3.05, 3.63) is 59.3 Å². The van der Waals surface area contributed by atoms with E-state index in [0.717, 1.165) is 36.8 Å². The van der Waals surface area contributed by atoms with Gasteiger partial charge in [-0.3, -0.25) is 0 Å². The van der Waals surface area contributed by atoms with Crippen LogP contribution >= 0.6 is 24.0 Å². The number of fused-ring (bicyclic) bond motifs is 1. The van der Waals surface area contributed by atoms with Gasteiger partial charge in [-0.05, 0) is 49.1 Å². The maximum atomic E-state index is 5.37. The van der Waals surface area contributed by atoms with E-state index in [4.69, 9.17) is 14.5 Å². The largest absolute Gasteiger partial charge is 0.493 e. The first-order chi connectivity index (χ1) is 14.2. The van der Waals surface area contributed by atoms with Gasteiger partial charge in [-0.15, -0.1) is 24.0 Å². The number of halogens is 1. The van der Waals surface area contributed by atoms with Crippen LogP contribution in [0.1, 0.15) is 23.6 Å². The lowest BCUT2D eigenvalue weighted by atomic mass is 10.1. The molecule has 3 aromatic rings. The number of H-pyrrole nitrogens is 1. The summed E-state index contributed by atoms with van der Waals surface area (Å²) in [4.78, 5) is 8.09. The third-order valence-electron chi connectivity index (χ3n) is 4.91. The Bertz CT molecular complexity index is 984. The normalized spacial score (nSPS) is 11.1. The number of aromatic nitrogens is 1. The minimum atomic E-state index is 0. The Hall–Kier alpha value is -2.42. The van der Waals surface area contributed by atoms with Gasteiger partial charge in [-0.1, -0.05) is 24.3 Å². The Balaban J connectivity index is 0.00000320. The van der Waals surface area contributed by atoms with Crippen LogP contribution in [-0.2, 0) is 13.0 Å². The second-order valence-corrected chi connectivity index (χ2v) is 6.87. The summed E-state index contributed by atoms with van der Waals surface area (Å²) in [6.45, 7) is 6.37. The van der Waals surface area contributed by atoms with E-state index in [1.165, 1.54) is 22.0 Å². The summed E-state index contributed by atoms with van der Waals surface area (Å²) < 4.78 is 10.7. The van der Waals surface area contributed by atoms with Gasteiger partial charge in [0.1, 0.15) is 0 Å². The van der Waals surface area contributed by atoms with Crippen LogP contribution in [0.4, 0.5) is 0 Å². The van der Waals surface area contributed by atoms with Crippen molar-refractivity contribution in [1.82, 2.24) is 15.6 Å². The molecule has 0 saturated heterocycles. The zero-order valence-corrected chi connectivity index (χ0v) is 20.4. The van der Waals surface area contributed by atoms with Crippen molar-refractivity contribution in [2.45, 2.75) is 26.8 Å². The van der Waals surface area contributed by atoms with Crippen LogP contribution in [0, 0.1) is 6.92 Å². The summed E-state index contributed by atoms with van der Waals surface area (Å²) >= 11 is 0. The van der Waals surface area contributed by atoms with E-state index in [-0.39, 0.29) is 24.0 Å². The van der Waals surface area contributed by atoms with Crippen LogP contribution in [0.25, 0.3) is 10.9 Å². The molecule has 7 heteroatoms. The van der Waals surface area contributed by atoms with Gasteiger partial charge in [-0.25, -0.2) is 4.99 Å². The number of hydrogen-bond acceptors (Lipinski definition) is 3. The van der Waals surface area contributed by atoms with Crippen LogP contribution in [0.15, 0.2) is 47.6 Å². The third-order valence-corrected chi connectivity index (χ3v) is 4.91. The Morgan fingerprint density at radius 1 is 1.07 bits per heavy atom. The molecule has 0 aliphatic carbocycles. The van der Waals surface area contributed by atoms with Gasteiger partial charge in [0, 0.05) is 30.2 Å². The molecule has 2 aromatic carbocycles. The predicted octanol–water partition coefficient (Wildman–Crippen LogP) is 4.41. The molecule has 0 saturated carbocycles. The first kappa shape index (κ1) is 23.9. The number of methoxy groups -OCH3 is 2. The fourth-order valence-corrected chi connectivity index (χ4v) is 3.38.